The standard InChI is InChI=1S/C29H37.C10H15.C9H10.2ClH.Zr/c1-21-14-13-15-22-20-27(6)25(4)18-10-9-16-23(25,2)24(3)17-11-12-19-26(24,5)29(27,8)28(21,22)7;1-8-5-6-9(7-8)10(2,3)4;1-2-6-9-7-4-3-5-8-9;;;/h9-20,22H,1-8H3;6-8H,1-4H3;3-5,7-8H,2H2,1H3;2*1H;/q;;;;;+2/p-2. The van der Waals surface area contributed by atoms with Crippen LogP contribution in [-0.2, 0) is 21.3 Å². The van der Waals surface area contributed by atoms with Crippen LogP contribution in [-0.4, -0.2) is 3.21 Å². The summed E-state index contributed by atoms with van der Waals surface area (Å²) in [6.45, 7) is 33.7. The first-order valence-corrected chi connectivity index (χ1v) is 23.1. The monoisotopic (exact) mass is 798 g/mol. The fourth-order valence-electron chi connectivity index (χ4n) is 13.5. The zero-order valence-corrected chi connectivity index (χ0v) is 37.6. The summed E-state index contributed by atoms with van der Waals surface area (Å²) in [5, 5.41) is 0. The van der Waals surface area contributed by atoms with Crippen molar-refractivity contribution in [3.8, 4) is 0 Å². The topological polar surface area (TPSA) is 0 Å². The summed E-state index contributed by atoms with van der Waals surface area (Å²) in [7, 11) is 0. The molecule has 2 fully saturated rings. The molecule has 10 atom stereocenters. The molecule has 10 unspecified atom stereocenters. The molecular weight excluding hydrogens is 739 g/mol. The molecule has 0 aromatic heterocycles. The first-order valence-electron chi connectivity index (χ1n) is 19.2. The van der Waals surface area contributed by atoms with Crippen LogP contribution in [0.2, 0.25) is 3.63 Å². The van der Waals surface area contributed by atoms with Gasteiger partial charge in [0, 0.05) is 0 Å². The molecular formula is C48H62Cl2Zr. The van der Waals surface area contributed by atoms with Gasteiger partial charge in [-0.15, -0.1) is 0 Å². The summed E-state index contributed by atoms with van der Waals surface area (Å²) < 4.78 is 4.19. The zero-order chi connectivity index (χ0) is 35.6. The quantitative estimate of drug-likeness (QED) is 0.308. The van der Waals surface area contributed by atoms with E-state index < -0.39 is 21.3 Å². The number of hydrogen-bond donors (Lipinski definition) is 0. The maximum atomic E-state index is 2.83. The second-order valence-electron chi connectivity index (χ2n) is 18.9. The van der Waals surface area contributed by atoms with Crippen LogP contribution in [0, 0.1) is 55.2 Å². The Morgan fingerprint density at radius 3 is 1.80 bits per heavy atom. The summed E-state index contributed by atoms with van der Waals surface area (Å²) >= 11 is -2.83. The molecule has 7 rings (SSSR count). The molecule has 6 aliphatic rings. The number of allylic oxidation sites excluding steroid dienone is 16. The molecule has 0 amide bonds. The normalized spacial score (nSPS) is 43.0. The van der Waals surface area contributed by atoms with Crippen LogP contribution in [0.15, 0.2) is 124 Å². The van der Waals surface area contributed by atoms with E-state index in [0.29, 0.717) is 15.5 Å². The van der Waals surface area contributed by atoms with Gasteiger partial charge >= 0.3 is 309 Å². The molecule has 6 aliphatic carbocycles. The van der Waals surface area contributed by atoms with E-state index in [1.807, 2.05) is 3.28 Å². The van der Waals surface area contributed by atoms with E-state index in [-0.39, 0.29) is 68.1 Å². The van der Waals surface area contributed by atoms with Crippen LogP contribution in [0.3, 0.4) is 0 Å². The Hall–Kier alpha value is -1.53. The SMILES string of the molecule is CC/[C](c1ccccc1)=[Zr+2](/[C]1=CC(C(C)(C)C)=CC1C)[CH]1C2C=CC=C(C)C2(C)C2(C)C3(C)C=CC=CC3(C)C3(C)C=CC=CC3(C)C12C.[Cl-].[Cl-]. The number of halogens is 2. The van der Waals surface area contributed by atoms with Crippen molar-refractivity contribution >= 4 is 3.21 Å². The fourth-order valence-corrected chi connectivity index (χ4v) is 25.2. The van der Waals surface area contributed by atoms with E-state index in [1.165, 1.54) is 5.56 Å². The maximum Gasteiger partial charge on any atom is -1.00 e. The van der Waals surface area contributed by atoms with Crippen molar-refractivity contribution < 1.29 is 46.1 Å². The average Bonchev–Trinajstić information content (AvgIpc) is 3.53. The van der Waals surface area contributed by atoms with Gasteiger partial charge < -0.3 is 24.8 Å². The van der Waals surface area contributed by atoms with Crippen molar-refractivity contribution in [2.45, 2.75) is 100 Å². The molecule has 51 heavy (non-hydrogen) atoms. The van der Waals surface area contributed by atoms with Crippen molar-refractivity contribution in [2.24, 2.45) is 55.2 Å². The fraction of sp³-hybridized carbons (Fsp3) is 0.521. The molecule has 272 valence electrons. The summed E-state index contributed by atoms with van der Waals surface area (Å²) in [6, 6.07) is 11.7. The Kier molecular flexibility index (Phi) is 10.2. The predicted molar refractivity (Wildman–Crippen MR) is 209 cm³/mol. The van der Waals surface area contributed by atoms with Gasteiger partial charge in [-0.25, -0.2) is 0 Å². The van der Waals surface area contributed by atoms with Gasteiger partial charge in [-0.05, 0) is 0 Å². The van der Waals surface area contributed by atoms with Gasteiger partial charge in [0.25, 0.3) is 0 Å². The van der Waals surface area contributed by atoms with Gasteiger partial charge in [0.05, 0.1) is 0 Å². The smallest absolute Gasteiger partial charge is 1.00 e. The molecule has 0 heterocycles. The minimum absolute atomic E-state index is 0. The van der Waals surface area contributed by atoms with Crippen LogP contribution in [0.1, 0.15) is 102 Å². The van der Waals surface area contributed by atoms with Gasteiger partial charge in [-0.3, -0.25) is 0 Å². The van der Waals surface area contributed by atoms with E-state index in [2.05, 4.69) is 199 Å². The van der Waals surface area contributed by atoms with Crippen molar-refractivity contribution in [2.75, 3.05) is 0 Å². The van der Waals surface area contributed by atoms with E-state index in [1.54, 1.807) is 14.4 Å². The van der Waals surface area contributed by atoms with Crippen molar-refractivity contribution in [1.82, 2.24) is 0 Å². The Balaban J connectivity index is 0.00000252. The molecule has 1 aromatic carbocycles. The number of benzene rings is 1. The average molecular weight is 801 g/mol. The molecule has 0 saturated heterocycles. The Labute approximate surface area is 331 Å². The summed E-state index contributed by atoms with van der Waals surface area (Å²) in [4.78, 5) is 0. The molecule has 0 aliphatic heterocycles. The number of hydrogen-bond acceptors (Lipinski definition) is 0. The van der Waals surface area contributed by atoms with Crippen molar-refractivity contribution in [3.05, 3.63) is 129 Å². The third-order valence-electron chi connectivity index (χ3n) is 17.0. The summed E-state index contributed by atoms with van der Waals surface area (Å²) in [6.07, 6.45) is 34.4. The van der Waals surface area contributed by atoms with Gasteiger partial charge in [-0.2, -0.15) is 0 Å². The molecule has 0 bridgehead atoms. The van der Waals surface area contributed by atoms with Crippen LogP contribution in [0.5, 0.6) is 0 Å². The minimum atomic E-state index is -2.83. The van der Waals surface area contributed by atoms with Crippen LogP contribution in [0.4, 0.5) is 0 Å². The second kappa shape index (κ2) is 12.8. The third-order valence-corrected chi connectivity index (χ3v) is 27.0. The van der Waals surface area contributed by atoms with Crippen molar-refractivity contribution in [1.29, 1.82) is 0 Å². The van der Waals surface area contributed by atoms with Crippen LogP contribution in [0.25, 0.3) is 0 Å². The molecule has 3 heteroatoms. The number of rotatable bonds is 4. The predicted octanol–water partition coefficient (Wildman–Crippen LogP) is 6.99. The maximum absolute atomic E-state index is 2.83. The van der Waals surface area contributed by atoms with E-state index in [9.17, 15) is 0 Å². The molecule has 2 saturated carbocycles. The third kappa shape index (κ3) is 4.56. The van der Waals surface area contributed by atoms with Crippen LogP contribution < -0.4 is 24.8 Å². The summed E-state index contributed by atoms with van der Waals surface area (Å²) in [5.41, 5.74) is 4.31. The van der Waals surface area contributed by atoms with Gasteiger partial charge in [0.15, 0.2) is 0 Å². The molecule has 0 radical (unpaired) electrons. The molecule has 0 spiro atoms. The number of fused-ring (bicyclic) bond motifs is 8. The molecule has 0 N–H and O–H groups in total. The molecule has 0 nitrogen and oxygen atoms in total. The van der Waals surface area contributed by atoms with Crippen molar-refractivity contribution in [3.63, 3.8) is 0 Å². The van der Waals surface area contributed by atoms with Gasteiger partial charge in [-0.1, -0.05) is 0 Å². The second-order valence-corrected chi connectivity index (χ2v) is 25.4. The zero-order valence-electron chi connectivity index (χ0n) is 33.6. The largest absolute Gasteiger partial charge is 1.00 e. The Bertz CT molecular complexity index is 1880. The van der Waals surface area contributed by atoms with Gasteiger partial charge in [0.1, 0.15) is 0 Å². The van der Waals surface area contributed by atoms with E-state index >= 15 is 0 Å². The minimum Gasteiger partial charge on any atom is -1.00 e. The van der Waals surface area contributed by atoms with E-state index in [0.717, 1.165) is 6.42 Å². The van der Waals surface area contributed by atoms with Crippen LogP contribution >= 0.6 is 0 Å². The van der Waals surface area contributed by atoms with Gasteiger partial charge in [0.2, 0.25) is 0 Å². The Morgan fingerprint density at radius 1 is 0.745 bits per heavy atom. The molecule has 1 aromatic rings. The first kappa shape index (κ1) is 40.7. The first-order chi connectivity index (χ1) is 22.9. The van der Waals surface area contributed by atoms with E-state index in [4.69, 9.17) is 0 Å². The summed E-state index contributed by atoms with van der Waals surface area (Å²) in [5.74, 6) is 0.931. The Morgan fingerprint density at radius 2 is 1.27 bits per heavy atom.